The molecule has 0 aromatic rings. The van der Waals surface area contributed by atoms with Crippen molar-refractivity contribution >= 4 is 11.9 Å². The molecule has 46 heavy (non-hydrogen) atoms. The molecule has 12 heteroatoms. The zero-order valence-corrected chi connectivity index (χ0v) is 29.6. The van der Waals surface area contributed by atoms with Crippen LogP contribution in [0.15, 0.2) is 0 Å². The molecule has 2 N–H and O–H groups in total. The first kappa shape index (κ1) is 40.8. The van der Waals surface area contributed by atoms with Gasteiger partial charge in [-0.05, 0) is 60.3 Å². The van der Waals surface area contributed by atoms with Crippen LogP contribution in [0, 0.1) is 0 Å². The summed E-state index contributed by atoms with van der Waals surface area (Å²) < 4.78 is 47.3. The maximum absolute atomic E-state index is 11.4. The lowest BCUT2D eigenvalue weighted by Gasteiger charge is -2.37. The SMILES string of the molecule is CCC1CC(CC(CC(O)CC(C)OC(C)=O)OC(C)OC(CC(O)CC(C)OC(C)=O)CC2CC(CC)OC(C)O2)OC(C)O1. The summed E-state index contributed by atoms with van der Waals surface area (Å²) in [7, 11) is 0. The molecule has 0 saturated carbocycles. The van der Waals surface area contributed by atoms with Gasteiger partial charge in [0.2, 0.25) is 0 Å². The topological polar surface area (TPSA) is 148 Å². The molecule has 0 aromatic carbocycles. The molecule has 2 rings (SSSR count). The average molecular weight is 663 g/mol. The Morgan fingerprint density at radius 1 is 0.652 bits per heavy atom. The molecule has 2 aliphatic rings. The Bertz CT molecular complexity index is 805. The number of carbonyl (C=O) groups excluding carboxylic acids is 2. The van der Waals surface area contributed by atoms with E-state index in [1.54, 1.807) is 13.8 Å². The van der Waals surface area contributed by atoms with E-state index in [9.17, 15) is 19.8 Å². The van der Waals surface area contributed by atoms with Gasteiger partial charge in [-0.2, -0.15) is 0 Å². The van der Waals surface area contributed by atoms with Gasteiger partial charge in [0.05, 0.1) is 48.8 Å². The fourth-order valence-electron chi connectivity index (χ4n) is 6.59. The molecule has 270 valence electrons. The molecule has 0 amide bonds. The summed E-state index contributed by atoms with van der Waals surface area (Å²) in [6, 6.07) is 0. The Labute approximate surface area is 276 Å². The van der Waals surface area contributed by atoms with E-state index in [0.717, 1.165) is 12.8 Å². The van der Waals surface area contributed by atoms with Crippen molar-refractivity contribution in [1.29, 1.82) is 0 Å². The van der Waals surface area contributed by atoms with Crippen LogP contribution in [0.1, 0.15) is 127 Å². The van der Waals surface area contributed by atoms with Crippen LogP contribution in [0.5, 0.6) is 0 Å². The normalized spacial score (nSPS) is 30.0. The Kier molecular flexibility index (Phi) is 18.5. The highest BCUT2D eigenvalue weighted by Gasteiger charge is 2.34. The molecule has 12 nitrogen and oxygen atoms in total. The third-order valence-electron chi connectivity index (χ3n) is 8.33. The largest absolute Gasteiger partial charge is 0.463 e. The predicted octanol–water partition coefficient (Wildman–Crippen LogP) is 4.93. The first-order valence-electron chi connectivity index (χ1n) is 17.3. The minimum Gasteiger partial charge on any atom is -0.463 e. The summed E-state index contributed by atoms with van der Waals surface area (Å²) in [6.45, 7) is 15.9. The first-order valence-corrected chi connectivity index (χ1v) is 17.3. The molecule has 2 saturated heterocycles. The van der Waals surface area contributed by atoms with Crippen molar-refractivity contribution in [1.82, 2.24) is 0 Å². The van der Waals surface area contributed by atoms with E-state index in [-0.39, 0.29) is 62.7 Å². The van der Waals surface area contributed by atoms with Gasteiger partial charge in [-0.1, -0.05) is 13.8 Å². The summed E-state index contributed by atoms with van der Waals surface area (Å²) >= 11 is 0. The molecular weight excluding hydrogens is 600 g/mol. The number of aliphatic hydroxyl groups is 2. The highest BCUT2D eigenvalue weighted by Crippen LogP contribution is 2.29. The monoisotopic (exact) mass is 662 g/mol. The summed E-state index contributed by atoms with van der Waals surface area (Å²) in [5, 5.41) is 21.9. The zero-order valence-electron chi connectivity index (χ0n) is 29.6. The number of esters is 2. The number of carbonyl (C=O) groups is 2. The number of hydrogen-bond acceptors (Lipinski definition) is 12. The highest BCUT2D eigenvalue weighted by molar-refractivity contribution is 5.66. The average Bonchev–Trinajstić information content (AvgIpc) is 2.90. The molecule has 2 aliphatic heterocycles. The quantitative estimate of drug-likeness (QED) is 0.135. The van der Waals surface area contributed by atoms with E-state index in [2.05, 4.69) is 13.8 Å². The fraction of sp³-hybridized carbons (Fsp3) is 0.941. The summed E-state index contributed by atoms with van der Waals surface area (Å²) in [6.07, 6.45) is 0.488. The molecule has 0 bridgehead atoms. The van der Waals surface area contributed by atoms with Crippen LogP contribution in [0.3, 0.4) is 0 Å². The predicted molar refractivity (Wildman–Crippen MR) is 170 cm³/mol. The van der Waals surface area contributed by atoms with Crippen LogP contribution in [-0.4, -0.2) is 102 Å². The molecule has 12 unspecified atom stereocenters. The van der Waals surface area contributed by atoms with Crippen molar-refractivity contribution in [3.63, 3.8) is 0 Å². The van der Waals surface area contributed by atoms with Crippen molar-refractivity contribution in [2.45, 2.75) is 206 Å². The second-order valence-corrected chi connectivity index (χ2v) is 13.1. The van der Waals surface area contributed by atoms with E-state index < -0.39 is 54.9 Å². The molecule has 0 radical (unpaired) electrons. The van der Waals surface area contributed by atoms with Crippen molar-refractivity contribution in [2.24, 2.45) is 0 Å². The molecule has 0 spiro atoms. The number of aliphatic hydroxyl groups excluding tert-OH is 2. The van der Waals surface area contributed by atoms with Gasteiger partial charge in [0.15, 0.2) is 18.9 Å². The van der Waals surface area contributed by atoms with Crippen LogP contribution in [0.2, 0.25) is 0 Å². The van der Waals surface area contributed by atoms with E-state index in [1.165, 1.54) is 13.8 Å². The van der Waals surface area contributed by atoms with Crippen LogP contribution in [0.25, 0.3) is 0 Å². The third-order valence-corrected chi connectivity index (χ3v) is 8.33. The van der Waals surface area contributed by atoms with Crippen LogP contribution >= 0.6 is 0 Å². The minimum absolute atomic E-state index is 0.0750. The smallest absolute Gasteiger partial charge is 0.302 e. The minimum atomic E-state index is -0.783. The highest BCUT2D eigenvalue weighted by atomic mass is 16.7. The van der Waals surface area contributed by atoms with Crippen molar-refractivity contribution in [2.75, 3.05) is 0 Å². The van der Waals surface area contributed by atoms with Gasteiger partial charge in [-0.25, -0.2) is 0 Å². The van der Waals surface area contributed by atoms with Crippen LogP contribution < -0.4 is 0 Å². The number of hydrogen-bond donors (Lipinski definition) is 2. The fourth-order valence-corrected chi connectivity index (χ4v) is 6.59. The molecular formula is C34H62O12. The number of ether oxygens (including phenoxy) is 8. The molecule has 0 aliphatic carbocycles. The van der Waals surface area contributed by atoms with E-state index in [4.69, 9.17) is 37.9 Å². The van der Waals surface area contributed by atoms with E-state index in [1.807, 2.05) is 20.8 Å². The third kappa shape index (κ3) is 16.6. The van der Waals surface area contributed by atoms with Crippen molar-refractivity contribution in [3.05, 3.63) is 0 Å². The molecule has 12 atom stereocenters. The Hall–Kier alpha value is -1.38. The number of rotatable bonds is 20. The van der Waals surface area contributed by atoms with Gasteiger partial charge < -0.3 is 48.1 Å². The lowest BCUT2D eigenvalue weighted by molar-refractivity contribution is -0.256. The second-order valence-electron chi connectivity index (χ2n) is 13.1. The maximum atomic E-state index is 11.4. The Morgan fingerprint density at radius 3 is 1.33 bits per heavy atom. The second kappa shape index (κ2) is 20.9. The Balaban J connectivity index is 2.15. The van der Waals surface area contributed by atoms with Gasteiger partial charge in [-0.3, -0.25) is 9.59 Å². The molecule has 2 fully saturated rings. The molecule has 2 heterocycles. The van der Waals surface area contributed by atoms with Gasteiger partial charge in [0.1, 0.15) is 12.2 Å². The Morgan fingerprint density at radius 2 is 1.00 bits per heavy atom. The van der Waals surface area contributed by atoms with Crippen LogP contribution in [-0.2, 0) is 47.5 Å². The van der Waals surface area contributed by atoms with Crippen LogP contribution in [0.4, 0.5) is 0 Å². The van der Waals surface area contributed by atoms with Gasteiger partial charge >= 0.3 is 11.9 Å². The van der Waals surface area contributed by atoms with Crippen molar-refractivity contribution < 1.29 is 57.7 Å². The van der Waals surface area contributed by atoms with Gasteiger partial charge in [0.25, 0.3) is 0 Å². The van der Waals surface area contributed by atoms with Gasteiger partial charge in [0, 0.05) is 52.4 Å². The standard InChI is InChI=1S/C34H62O12/c1-10-29-16-33(45-24(7)41-29)18-31(14-27(37)12-20(3)39-22(5)35)43-26(9)44-32(15-28(38)13-21(4)40-23(6)36)19-34-17-30(11-2)42-25(8)46-34/h20-21,24-34,37-38H,10-19H2,1-9H3. The summed E-state index contributed by atoms with van der Waals surface area (Å²) in [5.41, 5.74) is 0. The first-order chi connectivity index (χ1) is 21.6. The molecule has 0 aromatic heterocycles. The lowest BCUT2D eigenvalue weighted by atomic mass is 9.97. The summed E-state index contributed by atoms with van der Waals surface area (Å²) in [4.78, 5) is 22.8. The maximum Gasteiger partial charge on any atom is 0.302 e. The zero-order chi connectivity index (χ0) is 34.4. The van der Waals surface area contributed by atoms with E-state index >= 15 is 0 Å². The van der Waals surface area contributed by atoms with Crippen molar-refractivity contribution in [3.8, 4) is 0 Å². The van der Waals surface area contributed by atoms with E-state index in [0.29, 0.717) is 25.7 Å². The van der Waals surface area contributed by atoms with Gasteiger partial charge in [-0.15, -0.1) is 0 Å². The lowest BCUT2D eigenvalue weighted by Crippen LogP contribution is -2.41. The summed E-state index contributed by atoms with van der Waals surface area (Å²) in [5.74, 6) is -0.790.